The van der Waals surface area contributed by atoms with Gasteiger partial charge in [-0.3, -0.25) is 4.79 Å². The minimum atomic E-state index is -0.391. The second kappa shape index (κ2) is 5.48. The number of hydrogen-bond donors (Lipinski definition) is 2. The van der Waals surface area contributed by atoms with E-state index >= 15 is 0 Å². The Labute approximate surface area is 107 Å². The second-order valence-electron chi connectivity index (χ2n) is 5.11. The van der Waals surface area contributed by atoms with Crippen molar-refractivity contribution < 1.29 is 9.18 Å². The summed E-state index contributed by atoms with van der Waals surface area (Å²) >= 11 is 0. The average molecular weight is 250 g/mol. The van der Waals surface area contributed by atoms with Crippen molar-refractivity contribution in [2.45, 2.75) is 32.7 Å². The maximum absolute atomic E-state index is 13.5. The van der Waals surface area contributed by atoms with Gasteiger partial charge in [-0.05, 0) is 49.9 Å². The molecular weight excluding hydrogens is 231 g/mol. The molecule has 1 fully saturated rings. The van der Waals surface area contributed by atoms with Gasteiger partial charge in [-0.25, -0.2) is 4.39 Å². The molecule has 2 N–H and O–H groups in total. The number of piperidine rings is 1. The van der Waals surface area contributed by atoms with Crippen LogP contribution in [0.4, 0.5) is 10.1 Å². The number of anilines is 1. The average Bonchev–Trinajstić information content (AvgIpc) is 2.34. The maximum atomic E-state index is 13.5. The fraction of sp³-hybridized carbons (Fsp3) is 0.500. The van der Waals surface area contributed by atoms with Gasteiger partial charge in [-0.15, -0.1) is 0 Å². The van der Waals surface area contributed by atoms with Gasteiger partial charge in [0.15, 0.2) is 0 Å². The zero-order chi connectivity index (χ0) is 13.1. The summed E-state index contributed by atoms with van der Waals surface area (Å²) in [5.41, 5.74) is 1.19. The molecular formula is C14H19FN2O. The fourth-order valence-electron chi connectivity index (χ4n) is 2.26. The zero-order valence-electron chi connectivity index (χ0n) is 10.8. The standard InChI is InChI=1S/C14H19FN2O/c1-9-3-4-11(15)12(7-9)17-14(18)13-8-10(2)5-6-16-13/h3-4,7,10,13,16H,5-6,8H2,1-2H3,(H,17,18). The van der Waals surface area contributed by atoms with Crippen LogP contribution < -0.4 is 10.6 Å². The van der Waals surface area contributed by atoms with Crippen LogP contribution in [0.3, 0.4) is 0 Å². The van der Waals surface area contributed by atoms with E-state index in [9.17, 15) is 9.18 Å². The molecule has 1 amide bonds. The molecule has 0 saturated carbocycles. The Morgan fingerprint density at radius 1 is 1.50 bits per heavy atom. The predicted octanol–water partition coefficient (Wildman–Crippen LogP) is 2.46. The van der Waals surface area contributed by atoms with Crippen LogP contribution in [0, 0.1) is 18.7 Å². The molecule has 1 aliphatic heterocycles. The maximum Gasteiger partial charge on any atom is 0.241 e. The molecule has 0 spiro atoms. The third-order valence-electron chi connectivity index (χ3n) is 3.36. The molecule has 2 unspecified atom stereocenters. The molecule has 0 bridgehead atoms. The third-order valence-corrected chi connectivity index (χ3v) is 3.36. The summed E-state index contributed by atoms with van der Waals surface area (Å²) in [5, 5.41) is 5.83. The minimum Gasteiger partial charge on any atom is -0.322 e. The molecule has 1 aromatic rings. The monoisotopic (exact) mass is 250 g/mol. The highest BCUT2D eigenvalue weighted by atomic mass is 19.1. The summed E-state index contributed by atoms with van der Waals surface area (Å²) in [5.74, 6) is -0.00628. The summed E-state index contributed by atoms with van der Waals surface area (Å²) in [4.78, 5) is 12.0. The molecule has 1 aliphatic rings. The van der Waals surface area contributed by atoms with E-state index in [2.05, 4.69) is 17.6 Å². The Morgan fingerprint density at radius 3 is 3.00 bits per heavy atom. The van der Waals surface area contributed by atoms with Gasteiger partial charge >= 0.3 is 0 Å². The third kappa shape index (κ3) is 3.07. The number of halogens is 1. The van der Waals surface area contributed by atoms with Gasteiger partial charge in [-0.2, -0.15) is 0 Å². The summed E-state index contributed by atoms with van der Waals surface area (Å²) in [6, 6.07) is 4.50. The van der Waals surface area contributed by atoms with Crippen LogP contribution >= 0.6 is 0 Å². The summed E-state index contributed by atoms with van der Waals surface area (Å²) < 4.78 is 13.5. The molecule has 0 aliphatic carbocycles. The molecule has 4 heteroatoms. The lowest BCUT2D eigenvalue weighted by Crippen LogP contribution is -2.45. The smallest absolute Gasteiger partial charge is 0.241 e. The number of carbonyl (C=O) groups excluding carboxylic acids is 1. The number of hydrogen-bond acceptors (Lipinski definition) is 2. The van der Waals surface area contributed by atoms with Crippen LogP contribution in [-0.2, 0) is 4.79 Å². The summed E-state index contributed by atoms with van der Waals surface area (Å²) in [6.07, 6.45) is 1.89. The quantitative estimate of drug-likeness (QED) is 0.846. The minimum absolute atomic E-state index is 0.147. The highest BCUT2D eigenvalue weighted by molar-refractivity contribution is 5.95. The van der Waals surface area contributed by atoms with Gasteiger partial charge in [0.25, 0.3) is 0 Å². The van der Waals surface area contributed by atoms with Crippen molar-refractivity contribution in [1.82, 2.24) is 5.32 Å². The number of amides is 1. The molecule has 1 saturated heterocycles. The first-order valence-electron chi connectivity index (χ1n) is 6.36. The fourth-order valence-corrected chi connectivity index (χ4v) is 2.26. The van der Waals surface area contributed by atoms with Gasteiger partial charge in [0.05, 0.1) is 11.7 Å². The number of rotatable bonds is 2. The van der Waals surface area contributed by atoms with Crippen molar-refractivity contribution in [3.63, 3.8) is 0 Å². The molecule has 1 heterocycles. The van der Waals surface area contributed by atoms with Crippen molar-refractivity contribution in [3.8, 4) is 0 Å². The first-order chi connectivity index (χ1) is 8.56. The van der Waals surface area contributed by atoms with Crippen LogP contribution in [0.1, 0.15) is 25.3 Å². The molecule has 3 nitrogen and oxygen atoms in total. The topological polar surface area (TPSA) is 41.1 Å². The van der Waals surface area contributed by atoms with Gasteiger partial charge in [-0.1, -0.05) is 13.0 Å². The Hall–Kier alpha value is -1.42. The molecule has 1 aromatic carbocycles. The lowest BCUT2D eigenvalue weighted by molar-refractivity contribution is -0.119. The van der Waals surface area contributed by atoms with Crippen LogP contribution in [0.25, 0.3) is 0 Å². The Morgan fingerprint density at radius 2 is 2.28 bits per heavy atom. The number of carbonyl (C=O) groups is 1. The molecule has 0 radical (unpaired) electrons. The Kier molecular flexibility index (Phi) is 3.97. The van der Waals surface area contributed by atoms with E-state index < -0.39 is 5.82 Å². The summed E-state index contributed by atoms with van der Waals surface area (Å²) in [7, 11) is 0. The van der Waals surface area contributed by atoms with Crippen molar-refractivity contribution in [2.75, 3.05) is 11.9 Å². The van der Waals surface area contributed by atoms with Gasteiger partial charge < -0.3 is 10.6 Å². The van der Waals surface area contributed by atoms with E-state index in [0.717, 1.165) is 24.9 Å². The lowest BCUT2D eigenvalue weighted by atomic mass is 9.94. The van der Waals surface area contributed by atoms with Crippen molar-refractivity contribution >= 4 is 11.6 Å². The Bertz CT molecular complexity index is 447. The van der Waals surface area contributed by atoms with Crippen molar-refractivity contribution in [2.24, 2.45) is 5.92 Å². The van der Waals surface area contributed by atoms with E-state index in [1.807, 2.05) is 6.92 Å². The van der Waals surface area contributed by atoms with E-state index in [4.69, 9.17) is 0 Å². The number of aryl methyl sites for hydroxylation is 1. The largest absolute Gasteiger partial charge is 0.322 e. The SMILES string of the molecule is Cc1ccc(F)c(NC(=O)C2CC(C)CCN2)c1. The number of benzene rings is 1. The highest BCUT2D eigenvalue weighted by Crippen LogP contribution is 2.19. The highest BCUT2D eigenvalue weighted by Gasteiger charge is 2.24. The van der Waals surface area contributed by atoms with E-state index in [1.165, 1.54) is 6.07 Å². The van der Waals surface area contributed by atoms with Gasteiger partial charge in [0.2, 0.25) is 5.91 Å². The van der Waals surface area contributed by atoms with E-state index in [1.54, 1.807) is 12.1 Å². The van der Waals surface area contributed by atoms with Gasteiger partial charge in [0, 0.05) is 0 Å². The molecule has 2 rings (SSSR count). The molecule has 2 atom stereocenters. The van der Waals surface area contributed by atoms with E-state index in [0.29, 0.717) is 5.92 Å². The van der Waals surface area contributed by atoms with Crippen LogP contribution in [0.2, 0.25) is 0 Å². The molecule has 0 aromatic heterocycles. The number of nitrogens with one attached hydrogen (secondary N) is 2. The van der Waals surface area contributed by atoms with Crippen LogP contribution in [-0.4, -0.2) is 18.5 Å². The Balaban J connectivity index is 2.04. The molecule has 98 valence electrons. The zero-order valence-corrected chi connectivity index (χ0v) is 10.8. The normalized spacial score (nSPS) is 23.7. The summed E-state index contributed by atoms with van der Waals surface area (Å²) in [6.45, 7) is 4.85. The predicted molar refractivity (Wildman–Crippen MR) is 70.0 cm³/mol. The second-order valence-corrected chi connectivity index (χ2v) is 5.11. The van der Waals surface area contributed by atoms with Crippen molar-refractivity contribution in [1.29, 1.82) is 0 Å². The van der Waals surface area contributed by atoms with Gasteiger partial charge in [0.1, 0.15) is 5.82 Å². The van der Waals surface area contributed by atoms with Crippen LogP contribution in [0.15, 0.2) is 18.2 Å². The van der Waals surface area contributed by atoms with Crippen molar-refractivity contribution in [3.05, 3.63) is 29.6 Å². The first kappa shape index (κ1) is 13.0. The van der Waals surface area contributed by atoms with Crippen LogP contribution in [0.5, 0.6) is 0 Å². The lowest BCUT2D eigenvalue weighted by Gasteiger charge is -2.27. The molecule has 18 heavy (non-hydrogen) atoms. The van der Waals surface area contributed by atoms with E-state index in [-0.39, 0.29) is 17.6 Å². The first-order valence-corrected chi connectivity index (χ1v) is 6.36.